The summed E-state index contributed by atoms with van der Waals surface area (Å²) in [6.07, 6.45) is 15.7. The molecule has 2 heteroatoms. The van der Waals surface area contributed by atoms with Crippen LogP contribution in [-0.2, 0) is 0 Å². The van der Waals surface area contributed by atoms with Gasteiger partial charge in [-0.05, 0) is 47.4 Å². The Bertz CT molecular complexity index is 107. The van der Waals surface area contributed by atoms with Gasteiger partial charge >= 0.3 is 0 Å². The molecule has 0 atom stereocenters. The van der Waals surface area contributed by atoms with Crippen molar-refractivity contribution in [1.29, 1.82) is 0 Å². The van der Waals surface area contributed by atoms with E-state index in [1.54, 1.807) is 0 Å². The zero-order valence-corrected chi connectivity index (χ0v) is 13.3. The van der Waals surface area contributed by atoms with E-state index in [1.807, 2.05) is 0 Å². The predicted octanol–water partition coefficient (Wildman–Crippen LogP) is 5.53. The van der Waals surface area contributed by atoms with E-state index < -0.39 is 0 Å². The van der Waals surface area contributed by atoms with Crippen LogP contribution < -0.4 is 0 Å². The second kappa shape index (κ2) is 14.2. The van der Waals surface area contributed by atoms with Gasteiger partial charge in [0.15, 0.2) is 0 Å². The smallest absolute Gasteiger partial charge is 0.000473 e. The molecule has 0 rings (SSSR count). The molecule has 0 amide bonds. The molecule has 0 radical (unpaired) electrons. The van der Waals surface area contributed by atoms with Crippen molar-refractivity contribution < 1.29 is 0 Å². The molecule has 84 valence electrons. The lowest BCUT2D eigenvalue weighted by Crippen LogP contribution is -1.77. The van der Waals surface area contributed by atoms with Crippen molar-refractivity contribution in [2.45, 2.75) is 51.4 Å². The fourth-order valence-corrected chi connectivity index (χ4v) is 2.38. The van der Waals surface area contributed by atoms with Gasteiger partial charge in [-0.25, -0.2) is 0 Å². The number of halogens is 2. The maximum atomic E-state index is 2.46. The van der Waals surface area contributed by atoms with Gasteiger partial charge in [0.2, 0.25) is 0 Å². The first-order valence-electron chi connectivity index (χ1n) is 5.68. The van der Waals surface area contributed by atoms with Crippen molar-refractivity contribution >= 4 is 45.2 Å². The van der Waals surface area contributed by atoms with Crippen molar-refractivity contribution in [3.63, 3.8) is 0 Å². The van der Waals surface area contributed by atoms with Crippen LogP contribution in [0.5, 0.6) is 0 Å². The Balaban J connectivity index is 2.96. The molecule has 0 fully saturated rings. The molecule has 0 saturated heterocycles. The molecule has 0 nitrogen and oxygen atoms in total. The van der Waals surface area contributed by atoms with Crippen LogP contribution in [0.1, 0.15) is 51.4 Å². The molecule has 0 aliphatic carbocycles. The minimum absolute atomic E-state index is 1.29. The summed E-state index contributed by atoms with van der Waals surface area (Å²) in [4.78, 5) is 0. The van der Waals surface area contributed by atoms with Crippen LogP contribution in [0.15, 0.2) is 12.2 Å². The fraction of sp³-hybridized carbons (Fsp3) is 0.833. The van der Waals surface area contributed by atoms with Crippen molar-refractivity contribution in [3.05, 3.63) is 12.2 Å². The summed E-state index contributed by atoms with van der Waals surface area (Å²) < 4.78 is 2.63. The van der Waals surface area contributed by atoms with Gasteiger partial charge in [-0.3, -0.25) is 0 Å². The lowest BCUT2D eigenvalue weighted by molar-refractivity contribution is 0.724. The number of unbranched alkanes of at least 4 members (excludes halogenated alkanes) is 6. The van der Waals surface area contributed by atoms with Crippen LogP contribution in [0.25, 0.3) is 0 Å². The third-order valence-electron chi connectivity index (χ3n) is 2.18. The Hall–Kier alpha value is 1.20. The molecule has 0 aromatic carbocycles. The van der Waals surface area contributed by atoms with Gasteiger partial charge in [0, 0.05) is 0 Å². The molecule has 0 N–H and O–H groups in total. The van der Waals surface area contributed by atoms with Gasteiger partial charge in [0.05, 0.1) is 0 Å². The highest BCUT2D eigenvalue weighted by molar-refractivity contribution is 14.1. The standard InChI is InChI=1S/C12H22I2/c13-11-9-7-5-3-1-2-4-6-8-10-12-14/h1-2H,3-12H2. The normalized spacial score (nSPS) is 11.3. The Morgan fingerprint density at radius 2 is 1.00 bits per heavy atom. The quantitative estimate of drug-likeness (QED) is 0.189. The van der Waals surface area contributed by atoms with Crippen molar-refractivity contribution in [2.75, 3.05) is 8.86 Å². The Kier molecular flexibility index (Phi) is 15.4. The zero-order chi connectivity index (χ0) is 10.5. The molecule has 0 aliphatic heterocycles. The molecular formula is C12H22I2. The van der Waals surface area contributed by atoms with E-state index in [9.17, 15) is 0 Å². The average Bonchev–Trinajstić information content (AvgIpc) is 2.21. The van der Waals surface area contributed by atoms with Crippen LogP contribution in [0, 0.1) is 0 Å². The van der Waals surface area contributed by atoms with Gasteiger partial charge in [0.25, 0.3) is 0 Å². The molecule has 0 heterocycles. The molecule has 0 aromatic rings. The summed E-state index contributed by atoms with van der Waals surface area (Å²) in [7, 11) is 0. The van der Waals surface area contributed by atoms with Crippen LogP contribution in [-0.4, -0.2) is 8.86 Å². The molecule has 0 saturated carbocycles. The van der Waals surface area contributed by atoms with Crippen LogP contribution in [0.3, 0.4) is 0 Å². The molecule has 0 aliphatic rings. The van der Waals surface area contributed by atoms with E-state index in [2.05, 4.69) is 57.3 Å². The first-order valence-corrected chi connectivity index (χ1v) is 8.74. The van der Waals surface area contributed by atoms with Crippen LogP contribution in [0.2, 0.25) is 0 Å². The fourth-order valence-electron chi connectivity index (χ4n) is 1.30. The summed E-state index contributed by atoms with van der Waals surface area (Å²) in [5.74, 6) is 0. The van der Waals surface area contributed by atoms with Crippen LogP contribution in [0.4, 0.5) is 0 Å². The molecule has 0 bridgehead atoms. The second-order valence-electron chi connectivity index (χ2n) is 3.55. The first-order chi connectivity index (χ1) is 6.91. The number of rotatable bonds is 10. The zero-order valence-electron chi connectivity index (χ0n) is 8.98. The highest BCUT2D eigenvalue weighted by Gasteiger charge is 1.86. The van der Waals surface area contributed by atoms with Crippen molar-refractivity contribution in [1.82, 2.24) is 0 Å². The Morgan fingerprint density at radius 1 is 0.571 bits per heavy atom. The van der Waals surface area contributed by atoms with E-state index >= 15 is 0 Å². The van der Waals surface area contributed by atoms with E-state index in [4.69, 9.17) is 0 Å². The van der Waals surface area contributed by atoms with Gasteiger partial charge in [-0.15, -0.1) is 0 Å². The topological polar surface area (TPSA) is 0 Å². The van der Waals surface area contributed by atoms with Crippen molar-refractivity contribution in [3.8, 4) is 0 Å². The van der Waals surface area contributed by atoms with E-state index in [0.717, 1.165) is 0 Å². The first kappa shape index (κ1) is 15.2. The van der Waals surface area contributed by atoms with Gasteiger partial charge in [0.1, 0.15) is 0 Å². The predicted molar refractivity (Wildman–Crippen MR) is 83.9 cm³/mol. The van der Waals surface area contributed by atoms with Gasteiger partial charge in [-0.2, -0.15) is 0 Å². The number of hydrogen-bond donors (Lipinski definition) is 0. The maximum Gasteiger partial charge on any atom is -0.000473 e. The highest BCUT2D eigenvalue weighted by atomic mass is 127. The molecular weight excluding hydrogens is 398 g/mol. The summed E-state index contributed by atoms with van der Waals surface area (Å²) >= 11 is 4.91. The lowest BCUT2D eigenvalue weighted by Gasteiger charge is -1.95. The molecule has 0 unspecified atom stereocenters. The average molecular weight is 420 g/mol. The van der Waals surface area contributed by atoms with E-state index in [1.165, 1.54) is 60.2 Å². The minimum Gasteiger partial charge on any atom is -0.0885 e. The second-order valence-corrected chi connectivity index (χ2v) is 5.71. The summed E-state index contributed by atoms with van der Waals surface area (Å²) in [6, 6.07) is 0. The van der Waals surface area contributed by atoms with Gasteiger partial charge in [-0.1, -0.05) is 70.2 Å². The monoisotopic (exact) mass is 420 g/mol. The lowest BCUT2D eigenvalue weighted by atomic mass is 10.1. The summed E-state index contributed by atoms with van der Waals surface area (Å²) in [5.41, 5.74) is 0. The third-order valence-corrected chi connectivity index (χ3v) is 3.70. The van der Waals surface area contributed by atoms with E-state index in [0.29, 0.717) is 0 Å². The third kappa shape index (κ3) is 13.2. The minimum atomic E-state index is 1.29. The number of allylic oxidation sites excluding steroid dienone is 2. The number of hydrogen-bond acceptors (Lipinski definition) is 0. The maximum absolute atomic E-state index is 2.46. The summed E-state index contributed by atoms with van der Waals surface area (Å²) in [6.45, 7) is 0. The molecule has 14 heavy (non-hydrogen) atoms. The van der Waals surface area contributed by atoms with Gasteiger partial charge < -0.3 is 0 Å². The number of alkyl halides is 2. The summed E-state index contributed by atoms with van der Waals surface area (Å²) in [5, 5.41) is 0. The Morgan fingerprint density at radius 3 is 1.36 bits per heavy atom. The van der Waals surface area contributed by atoms with Crippen LogP contribution >= 0.6 is 45.2 Å². The largest absolute Gasteiger partial charge is 0.0885 e. The van der Waals surface area contributed by atoms with Crippen molar-refractivity contribution in [2.24, 2.45) is 0 Å². The molecule has 0 aromatic heterocycles. The molecule has 0 spiro atoms. The SMILES string of the molecule is ICCCCCC=CCCCCCI. The Labute approximate surface area is 117 Å². The highest BCUT2D eigenvalue weighted by Crippen LogP contribution is 2.05. The van der Waals surface area contributed by atoms with E-state index in [-0.39, 0.29) is 0 Å².